The first-order valence-electron chi connectivity index (χ1n) is 5.55. The molecule has 0 radical (unpaired) electrons. The molecule has 0 aliphatic carbocycles. The van der Waals surface area contributed by atoms with Crippen molar-refractivity contribution in [1.29, 1.82) is 0 Å². The summed E-state index contributed by atoms with van der Waals surface area (Å²) in [7, 11) is -3.09. The molecule has 1 amide bonds. The normalized spacial score (nSPS) is 11.5. The first kappa shape index (κ1) is 14.5. The zero-order valence-corrected chi connectivity index (χ0v) is 11.5. The number of hydrogen-bond donors (Lipinski definition) is 2. The summed E-state index contributed by atoms with van der Waals surface area (Å²) in [6.45, 7) is 4.14. The molecule has 0 saturated carbocycles. The number of sulfone groups is 1. The van der Waals surface area contributed by atoms with E-state index in [9.17, 15) is 13.2 Å². The molecule has 0 saturated heterocycles. The highest BCUT2D eigenvalue weighted by atomic mass is 32.2. The molecule has 0 spiro atoms. The van der Waals surface area contributed by atoms with Crippen LogP contribution in [-0.4, -0.2) is 42.7 Å². The van der Waals surface area contributed by atoms with Gasteiger partial charge in [-0.25, -0.2) is 8.42 Å². The van der Waals surface area contributed by atoms with Crippen LogP contribution in [0.25, 0.3) is 0 Å². The van der Waals surface area contributed by atoms with Gasteiger partial charge in [-0.3, -0.25) is 9.48 Å². The largest absolute Gasteiger partial charge is 0.395 e. The van der Waals surface area contributed by atoms with Gasteiger partial charge >= 0.3 is 0 Å². The van der Waals surface area contributed by atoms with Crippen LogP contribution in [0.15, 0.2) is 0 Å². The molecule has 8 heteroatoms. The molecule has 0 unspecified atom stereocenters. The van der Waals surface area contributed by atoms with Crippen molar-refractivity contribution in [2.45, 2.75) is 20.4 Å². The molecule has 0 aliphatic heterocycles. The predicted molar refractivity (Wildman–Crippen MR) is 69.1 cm³/mol. The lowest BCUT2D eigenvalue weighted by atomic mass is 10.3. The fourth-order valence-electron chi connectivity index (χ4n) is 1.50. The summed E-state index contributed by atoms with van der Waals surface area (Å²) in [6.07, 6.45) is 1.12. The van der Waals surface area contributed by atoms with Gasteiger partial charge in [0.1, 0.15) is 15.5 Å². The van der Waals surface area contributed by atoms with Crippen LogP contribution in [0.4, 0.5) is 5.69 Å². The molecule has 0 fully saturated rings. The quantitative estimate of drug-likeness (QED) is 0.757. The lowest BCUT2D eigenvalue weighted by Crippen LogP contribution is -2.31. The Morgan fingerprint density at radius 2 is 2.11 bits per heavy atom. The predicted octanol–water partition coefficient (Wildman–Crippen LogP) is -0.432. The number of carbonyl (C=O) groups is 1. The lowest BCUT2D eigenvalue weighted by Gasteiger charge is -2.07. The Morgan fingerprint density at radius 3 is 2.61 bits per heavy atom. The highest BCUT2D eigenvalue weighted by Crippen LogP contribution is 2.15. The number of hydrogen-bond acceptors (Lipinski definition) is 5. The standard InChI is InChI=1S/C10H18N4O3S/c1-4-14-9(8(11)7(2)13-14)10(15)12-5-6-18(3,16)17/h4-6,11H2,1-3H3,(H,12,15). The van der Waals surface area contributed by atoms with E-state index >= 15 is 0 Å². The second kappa shape index (κ2) is 5.38. The van der Waals surface area contributed by atoms with E-state index in [0.29, 0.717) is 17.9 Å². The molecule has 7 nitrogen and oxygen atoms in total. The number of nitrogens with zero attached hydrogens (tertiary/aromatic N) is 2. The van der Waals surface area contributed by atoms with Crippen LogP contribution in [-0.2, 0) is 16.4 Å². The summed E-state index contributed by atoms with van der Waals surface area (Å²) < 4.78 is 23.4. The number of nitrogen functional groups attached to an aromatic ring is 1. The van der Waals surface area contributed by atoms with E-state index in [4.69, 9.17) is 5.73 Å². The molecule has 1 aromatic heterocycles. The van der Waals surface area contributed by atoms with E-state index in [2.05, 4.69) is 10.4 Å². The van der Waals surface area contributed by atoms with Crippen molar-refractivity contribution >= 4 is 21.4 Å². The smallest absolute Gasteiger partial charge is 0.271 e. The Balaban J connectivity index is 2.79. The molecule has 18 heavy (non-hydrogen) atoms. The maximum atomic E-state index is 11.9. The van der Waals surface area contributed by atoms with Crippen LogP contribution in [0, 0.1) is 6.92 Å². The van der Waals surface area contributed by atoms with Gasteiger partial charge in [0.15, 0.2) is 0 Å². The SMILES string of the molecule is CCn1nc(C)c(N)c1C(=O)NCCS(C)(=O)=O. The summed E-state index contributed by atoms with van der Waals surface area (Å²) in [6, 6.07) is 0. The number of nitrogens with one attached hydrogen (secondary N) is 1. The third kappa shape index (κ3) is 3.46. The fourth-order valence-corrected chi connectivity index (χ4v) is 1.97. The fraction of sp³-hybridized carbons (Fsp3) is 0.600. The summed E-state index contributed by atoms with van der Waals surface area (Å²) in [5.41, 5.74) is 6.97. The number of nitrogens with two attached hydrogens (primary N) is 1. The number of carbonyl (C=O) groups excluding carboxylic acids is 1. The number of rotatable bonds is 5. The van der Waals surface area contributed by atoms with Gasteiger partial charge in [-0.05, 0) is 13.8 Å². The average molecular weight is 274 g/mol. The maximum Gasteiger partial charge on any atom is 0.271 e. The number of amides is 1. The molecular weight excluding hydrogens is 256 g/mol. The van der Waals surface area contributed by atoms with Gasteiger partial charge in [0, 0.05) is 19.3 Å². The second-order valence-electron chi connectivity index (χ2n) is 4.05. The Kier molecular flexibility index (Phi) is 4.33. The lowest BCUT2D eigenvalue weighted by molar-refractivity contribution is 0.0946. The van der Waals surface area contributed by atoms with Gasteiger partial charge in [0.25, 0.3) is 5.91 Å². The topological polar surface area (TPSA) is 107 Å². The molecule has 1 aromatic rings. The van der Waals surface area contributed by atoms with E-state index in [1.165, 1.54) is 4.68 Å². The van der Waals surface area contributed by atoms with E-state index in [1.54, 1.807) is 6.92 Å². The summed E-state index contributed by atoms with van der Waals surface area (Å²) in [4.78, 5) is 11.9. The molecule has 1 rings (SSSR count). The zero-order chi connectivity index (χ0) is 13.9. The maximum absolute atomic E-state index is 11.9. The van der Waals surface area contributed by atoms with Crippen LogP contribution in [0.3, 0.4) is 0 Å². The Morgan fingerprint density at radius 1 is 1.50 bits per heavy atom. The van der Waals surface area contributed by atoms with Crippen LogP contribution >= 0.6 is 0 Å². The minimum Gasteiger partial charge on any atom is -0.395 e. The third-order valence-electron chi connectivity index (χ3n) is 2.45. The number of aromatic nitrogens is 2. The van der Waals surface area contributed by atoms with Gasteiger partial charge in [-0.2, -0.15) is 5.10 Å². The van der Waals surface area contributed by atoms with Crippen molar-refractivity contribution in [2.24, 2.45) is 0 Å². The van der Waals surface area contributed by atoms with Gasteiger partial charge in [0.05, 0.1) is 17.1 Å². The molecule has 0 aliphatic rings. The van der Waals surface area contributed by atoms with Crippen LogP contribution in [0.1, 0.15) is 23.1 Å². The molecule has 102 valence electrons. The minimum absolute atomic E-state index is 0.0606. The molecule has 0 aromatic carbocycles. The molecule has 1 heterocycles. The average Bonchev–Trinajstić information content (AvgIpc) is 2.53. The van der Waals surface area contributed by atoms with Crippen molar-refractivity contribution in [1.82, 2.24) is 15.1 Å². The molecule has 0 atom stereocenters. The summed E-state index contributed by atoms with van der Waals surface area (Å²) >= 11 is 0. The molecular formula is C10H18N4O3S. The monoisotopic (exact) mass is 274 g/mol. The van der Waals surface area contributed by atoms with Gasteiger partial charge in [-0.1, -0.05) is 0 Å². The van der Waals surface area contributed by atoms with E-state index in [0.717, 1.165) is 6.26 Å². The first-order valence-corrected chi connectivity index (χ1v) is 7.61. The van der Waals surface area contributed by atoms with Crippen molar-refractivity contribution in [3.63, 3.8) is 0 Å². The first-order chi connectivity index (χ1) is 8.26. The highest BCUT2D eigenvalue weighted by molar-refractivity contribution is 7.90. The van der Waals surface area contributed by atoms with E-state index < -0.39 is 15.7 Å². The van der Waals surface area contributed by atoms with Crippen molar-refractivity contribution in [3.8, 4) is 0 Å². The van der Waals surface area contributed by atoms with Gasteiger partial charge in [-0.15, -0.1) is 0 Å². The molecule has 3 N–H and O–H groups in total. The van der Waals surface area contributed by atoms with Crippen molar-refractivity contribution < 1.29 is 13.2 Å². The number of anilines is 1. The number of aryl methyl sites for hydroxylation is 2. The Labute approximate surface area is 106 Å². The van der Waals surface area contributed by atoms with Gasteiger partial charge in [0.2, 0.25) is 0 Å². The summed E-state index contributed by atoms with van der Waals surface area (Å²) in [5.74, 6) is -0.503. The molecule has 0 bridgehead atoms. The van der Waals surface area contributed by atoms with Crippen LogP contribution in [0.2, 0.25) is 0 Å². The Bertz CT molecular complexity index is 548. The zero-order valence-electron chi connectivity index (χ0n) is 10.7. The Hall–Kier alpha value is -1.57. The van der Waals surface area contributed by atoms with E-state index in [-0.39, 0.29) is 18.0 Å². The van der Waals surface area contributed by atoms with E-state index in [1.807, 2.05) is 6.92 Å². The third-order valence-corrected chi connectivity index (χ3v) is 3.39. The van der Waals surface area contributed by atoms with Crippen LogP contribution < -0.4 is 11.1 Å². The minimum atomic E-state index is -3.09. The van der Waals surface area contributed by atoms with Crippen LogP contribution in [0.5, 0.6) is 0 Å². The highest BCUT2D eigenvalue weighted by Gasteiger charge is 2.18. The van der Waals surface area contributed by atoms with Gasteiger partial charge < -0.3 is 11.1 Å². The second-order valence-corrected chi connectivity index (χ2v) is 6.31. The van der Waals surface area contributed by atoms with Crippen molar-refractivity contribution in [3.05, 3.63) is 11.4 Å². The van der Waals surface area contributed by atoms with Crippen molar-refractivity contribution in [2.75, 3.05) is 24.3 Å². The summed E-state index contributed by atoms with van der Waals surface area (Å²) in [5, 5.41) is 6.64.